The molecular weight excluding hydrogens is 410 g/mol. The van der Waals surface area contributed by atoms with Gasteiger partial charge in [0.05, 0.1) is 18.0 Å². The van der Waals surface area contributed by atoms with Gasteiger partial charge in [-0.25, -0.2) is 8.42 Å². The Bertz CT molecular complexity index is 1060. The number of rotatable bonds is 6. The van der Waals surface area contributed by atoms with Crippen molar-refractivity contribution in [3.8, 4) is 0 Å². The van der Waals surface area contributed by atoms with E-state index in [0.717, 1.165) is 18.7 Å². The number of carbonyl (C=O) groups excluding carboxylic acids is 1. The second-order valence-electron chi connectivity index (χ2n) is 8.84. The minimum Gasteiger partial charge on any atom is -0.350 e. The Balaban J connectivity index is 1.50. The number of sulfonamides is 1. The number of hydrogen-bond acceptors (Lipinski definition) is 4. The molecule has 2 aromatic carbocycles. The van der Waals surface area contributed by atoms with Crippen molar-refractivity contribution in [2.24, 2.45) is 0 Å². The molecule has 2 aromatic rings. The van der Waals surface area contributed by atoms with E-state index in [0.29, 0.717) is 24.2 Å². The Morgan fingerprint density at radius 3 is 2.45 bits per heavy atom. The Hall–Kier alpha value is -2.38. The summed E-state index contributed by atoms with van der Waals surface area (Å²) in [5.41, 5.74) is 4.61. The number of nitrogens with one attached hydrogen (secondary N) is 1. The van der Waals surface area contributed by atoms with E-state index in [1.807, 2.05) is 13.0 Å². The molecular formula is C24H31N3O3S. The number of benzene rings is 2. The lowest BCUT2D eigenvalue weighted by Gasteiger charge is -2.28. The summed E-state index contributed by atoms with van der Waals surface area (Å²) < 4.78 is 25.7. The van der Waals surface area contributed by atoms with E-state index in [4.69, 9.17) is 0 Å². The summed E-state index contributed by atoms with van der Waals surface area (Å²) in [7, 11) is -3.34. The summed E-state index contributed by atoms with van der Waals surface area (Å²) in [4.78, 5) is 15.4. The first-order valence-electron chi connectivity index (χ1n) is 10.9. The van der Waals surface area contributed by atoms with Crippen molar-refractivity contribution in [2.75, 3.05) is 30.2 Å². The van der Waals surface area contributed by atoms with Gasteiger partial charge in [-0.15, -0.1) is 0 Å². The molecule has 6 nitrogen and oxygen atoms in total. The molecule has 0 bridgehead atoms. The van der Waals surface area contributed by atoms with Crippen LogP contribution in [-0.4, -0.2) is 51.2 Å². The van der Waals surface area contributed by atoms with E-state index in [9.17, 15) is 13.2 Å². The highest BCUT2D eigenvalue weighted by molar-refractivity contribution is 7.92. The molecule has 7 heteroatoms. The minimum absolute atomic E-state index is 0.121. The molecule has 1 saturated heterocycles. The first-order chi connectivity index (χ1) is 14.7. The molecule has 0 spiro atoms. The Kier molecular flexibility index (Phi) is 6.08. The smallest absolute Gasteiger partial charge is 0.251 e. The number of amides is 1. The number of hydrogen-bond donors (Lipinski definition) is 1. The van der Waals surface area contributed by atoms with Crippen LogP contribution in [0.4, 0.5) is 5.69 Å². The molecule has 0 aliphatic carbocycles. The summed E-state index contributed by atoms with van der Waals surface area (Å²) in [6, 6.07) is 13.9. The van der Waals surface area contributed by atoms with Crippen LogP contribution in [0.2, 0.25) is 0 Å². The van der Waals surface area contributed by atoms with Crippen LogP contribution in [0, 0.1) is 6.92 Å². The van der Waals surface area contributed by atoms with Gasteiger partial charge in [-0.3, -0.25) is 14.0 Å². The summed E-state index contributed by atoms with van der Waals surface area (Å²) in [5, 5.41) is 3.12. The van der Waals surface area contributed by atoms with Gasteiger partial charge in [0, 0.05) is 18.2 Å². The lowest BCUT2D eigenvalue weighted by molar-refractivity contribution is 0.0938. The van der Waals surface area contributed by atoms with Crippen LogP contribution in [-0.2, 0) is 16.4 Å². The number of likely N-dealkylation sites (tertiary alicyclic amines) is 1. The standard InChI is InChI=1S/C24H31N3O3S/c1-17-6-8-19(9-7-17)23(26-12-4-5-13-26)16-25-24(28)20-10-11-22-21(15-20)14-18(2)27(22)31(3,29)30/h6-11,15,18,23H,4-5,12-14,16H2,1-3H3,(H,25,28). The van der Waals surface area contributed by atoms with Crippen LogP contribution < -0.4 is 9.62 Å². The molecule has 0 radical (unpaired) electrons. The van der Waals surface area contributed by atoms with Gasteiger partial charge in [-0.2, -0.15) is 0 Å². The van der Waals surface area contributed by atoms with Gasteiger partial charge in [-0.1, -0.05) is 29.8 Å². The fourth-order valence-corrected chi connectivity index (χ4v) is 6.10. The Morgan fingerprint density at radius 2 is 1.81 bits per heavy atom. The summed E-state index contributed by atoms with van der Waals surface area (Å²) in [6.07, 6.45) is 4.22. The number of anilines is 1. The Labute approximate surface area is 185 Å². The van der Waals surface area contributed by atoms with Crippen molar-refractivity contribution in [3.05, 3.63) is 64.7 Å². The van der Waals surface area contributed by atoms with Crippen molar-refractivity contribution in [1.82, 2.24) is 10.2 Å². The predicted octanol–water partition coefficient (Wildman–Crippen LogP) is 3.27. The average molecular weight is 442 g/mol. The van der Waals surface area contributed by atoms with Gasteiger partial charge >= 0.3 is 0 Å². The van der Waals surface area contributed by atoms with Crippen LogP contribution in [0.5, 0.6) is 0 Å². The summed E-state index contributed by atoms with van der Waals surface area (Å²) in [6.45, 7) is 6.61. The fourth-order valence-electron chi connectivity index (χ4n) is 4.84. The molecule has 2 aliphatic rings. The van der Waals surface area contributed by atoms with E-state index < -0.39 is 10.0 Å². The molecule has 2 heterocycles. The van der Waals surface area contributed by atoms with E-state index in [2.05, 4.69) is 41.4 Å². The van der Waals surface area contributed by atoms with Crippen LogP contribution in [0.1, 0.15) is 52.9 Å². The molecule has 1 amide bonds. The molecule has 0 saturated carbocycles. The predicted molar refractivity (Wildman–Crippen MR) is 124 cm³/mol. The zero-order valence-corrected chi connectivity index (χ0v) is 19.3. The van der Waals surface area contributed by atoms with Gasteiger partial charge in [0.2, 0.25) is 10.0 Å². The SMILES string of the molecule is Cc1ccc(C(CNC(=O)c2ccc3c(c2)CC(C)N3S(C)(=O)=O)N2CCCC2)cc1. The Morgan fingerprint density at radius 1 is 1.13 bits per heavy atom. The van der Waals surface area contributed by atoms with E-state index in [-0.39, 0.29) is 18.0 Å². The summed E-state index contributed by atoms with van der Waals surface area (Å²) >= 11 is 0. The molecule has 1 N–H and O–H groups in total. The van der Waals surface area contributed by atoms with Crippen molar-refractivity contribution in [1.29, 1.82) is 0 Å². The van der Waals surface area contributed by atoms with Gasteiger partial charge in [-0.05, 0) is 75.5 Å². The number of carbonyl (C=O) groups is 1. The maximum absolute atomic E-state index is 12.9. The third-order valence-electron chi connectivity index (χ3n) is 6.35. The first kappa shape index (κ1) is 21.8. The third-order valence-corrected chi connectivity index (χ3v) is 7.62. The van der Waals surface area contributed by atoms with Crippen molar-refractivity contribution in [2.45, 2.75) is 45.2 Å². The van der Waals surface area contributed by atoms with Crippen LogP contribution >= 0.6 is 0 Å². The van der Waals surface area contributed by atoms with Gasteiger partial charge in [0.25, 0.3) is 5.91 Å². The molecule has 31 heavy (non-hydrogen) atoms. The van der Waals surface area contributed by atoms with Crippen LogP contribution in [0.25, 0.3) is 0 Å². The highest BCUT2D eigenvalue weighted by Crippen LogP contribution is 2.34. The zero-order chi connectivity index (χ0) is 22.2. The monoisotopic (exact) mass is 441 g/mol. The average Bonchev–Trinajstić information content (AvgIpc) is 3.35. The number of fused-ring (bicyclic) bond motifs is 1. The van der Waals surface area contributed by atoms with E-state index >= 15 is 0 Å². The fraction of sp³-hybridized carbons (Fsp3) is 0.458. The highest BCUT2D eigenvalue weighted by Gasteiger charge is 2.33. The topological polar surface area (TPSA) is 69.7 Å². The minimum atomic E-state index is -3.34. The third kappa shape index (κ3) is 4.62. The van der Waals surface area contributed by atoms with Gasteiger partial charge < -0.3 is 5.32 Å². The second-order valence-corrected chi connectivity index (χ2v) is 10.7. The van der Waals surface area contributed by atoms with Crippen molar-refractivity contribution in [3.63, 3.8) is 0 Å². The zero-order valence-electron chi connectivity index (χ0n) is 18.5. The van der Waals surface area contributed by atoms with Crippen LogP contribution in [0.15, 0.2) is 42.5 Å². The molecule has 2 atom stereocenters. The van der Waals surface area contributed by atoms with E-state index in [1.54, 1.807) is 12.1 Å². The maximum atomic E-state index is 12.9. The molecule has 2 aliphatic heterocycles. The number of aryl methyl sites for hydroxylation is 1. The lowest BCUT2D eigenvalue weighted by Crippen LogP contribution is -2.36. The van der Waals surface area contributed by atoms with Crippen molar-refractivity contribution >= 4 is 21.6 Å². The molecule has 0 aromatic heterocycles. The lowest BCUT2D eigenvalue weighted by atomic mass is 10.0. The van der Waals surface area contributed by atoms with Gasteiger partial charge in [0.15, 0.2) is 0 Å². The quantitative estimate of drug-likeness (QED) is 0.747. The largest absolute Gasteiger partial charge is 0.350 e. The molecule has 4 rings (SSSR count). The van der Waals surface area contributed by atoms with Gasteiger partial charge in [0.1, 0.15) is 0 Å². The maximum Gasteiger partial charge on any atom is 0.251 e. The first-order valence-corrected chi connectivity index (χ1v) is 12.8. The molecule has 166 valence electrons. The highest BCUT2D eigenvalue weighted by atomic mass is 32.2. The molecule has 2 unspecified atom stereocenters. The number of nitrogens with zero attached hydrogens (tertiary/aromatic N) is 2. The molecule has 1 fully saturated rings. The van der Waals surface area contributed by atoms with Crippen LogP contribution in [0.3, 0.4) is 0 Å². The summed E-state index contributed by atoms with van der Waals surface area (Å²) in [5.74, 6) is -0.121. The van der Waals surface area contributed by atoms with E-state index in [1.165, 1.54) is 34.5 Å². The second kappa shape index (κ2) is 8.63. The normalized spacial score (nSPS) is 20.0. The van der Waals surface area contributed by atoms with Crippen molar-refractivity contribution < 1.29 is 13.2 Å².